The molecule has 0 saturated heterocycles. The van der Waals surface area contributed by atoms with Crippen LogP contribution in [0.15, 0.2) is 36.4 Å². The molecule has 0 bridgehead atoms. The molecule has 0 aromatic heterocycles. The van der Waals surface area contributed by atoms with Crippen LogP contribution < -0.4 is 9.47 Å². The number of fused-ring (bicyclic) bond motifs is 3. The van der Waals surface area contributed by atoms with Gasteiger partial charge >= 0.3 is 0 Å². The second-order valence-corrected chi connectivity index (χ2v) is 5.09. The molecule has 0 aliphatic heterocycles. The van der Waals surface area contributed by atoms with Gasteiger partial charge in [-0.05, 0) is 43.7 Å². The lowest BCUT2D eigenvalue weighted by atomic mass is 10.0. The normalized spacial score (nSPS) is 12.3. The van der Waals surface area contributed by atoms with Gasteiger partial charge in [-0.1, -0.05) is 12.1 Å². The summed E-state index contributed by atoms with van der Waals surface area (Å²) in [5.41, 5.74) is 3.19. The molecule has 3 rings (SSSR count). The maximum atomic E-state index is 12.5. The minimum absolute atomic E-state index is 0.0307. The van der Waals surface area contributed by atoms with Gasteiger partial charge in [-0.3, -0.25) is 4.79 Å². The highest BCUT2D eigenvalue weighted by Gasteiger charge is 2.30. The Kier molecular flexibility index (Phi) is 2.97. The third-order valence-corrected chi connectivity index (χ3v) is 3.37. The van der Waals surface area contributed by atoms with Gasteiger partial charge in [0.15, 0.2) is 5.78 Å². The minimum Gasteiger partial charge on any atom is -0.497 e. The van der Waals surface area contributed by atoms with Crippen molar-refractivity contribution in [2.45, 2.75) is 20.0 Å². The molecule has 0 N–H and O–H groups in total. The van der Waals surface area contributed by atoms with Gasteiger partial charge in [-0.25, -0.2) is 0 Å². The highest BCUT2D eigenvalue weighted by molar-refractivity contribution is 6.22. The number of ketones is 1. The van der Waals surface area contributed by atoms with Crippen LogP contribution in [0.4, 0.5) is 0 Å². The Bertz CT molecular complexity index is 687. The summed E-state index contributed by atoms with van der Waals surface area (Å²) in [5, 5.41) is 0. The Morgan fingerprint density at radius 2 is 1.80 bits per heavy atom. The molecule has 3 nitrogen and oxygen atoms in total. The first kappa shape index (κ1) is 12.7. The van der Waals surface area contributed by atoms with E-state index in [-0.39, 0.29) is 11.9 Å². The van der Waals surface area contributed by atoms with Crippen LogP contribution in [-0.2, 0) is 0 Å². The zero-order valence-electron chi connectivity index (χ0n) is 11.8. The fourth-order valence-corrected chi connectivity index (χ4v) is 2.55. The van der Waals surface area contributed by atoms with E-state index >= 15 is 0 Å². The Morgan fingerprint density at radius 3 is 2.50 bits per heavy atom. The lowest BCUT2D eigenvalue weighted by Crippen LogP contribution is -2.06. The SMILES string of the molecule is COc1ccc2c(c1)C(=O)c1cccc(OC(C)C)c1-2. The van der Waals surface area contributed by atoms with Gasteiger partial charge < -0.3 is 9.47 Å². The monoisotopic (exact) mass is 268 g/mol. The van der Waals surface area contributed by atoms with Crippen LogP contribution in [0.2, 0.25) is 0 Å². The molecule has 0 amide bonds. The molecule has 0 unspecified atom stereocenters. The quantitative estimate of drug-likeness (QED) is 0.726. The maximum absolute atomic E-state index is 12.5. The molecular formula is C17H16O3. The summed E-state index contributed by atoms with van der Waals surface area (Å²) in [5.74, 6) is 1.48. The molecule has 0 spiro atoms. The van der Waals surface area contributed by atoms with Crippen LogP contribution in [0.25, 0.3) is 11.1 Å². The van der Waals surface area contributed by atoms with Gasteiger partial charge in [-0.15, -0.1) is 0 Å². The highest BCUT2D eigenvalue weighted by Crippen LogP contribution is 2.43. The zero-order valence-corrected chi connectivity index (χ0v) is 11.8. The third kappa shape index (κ3) is 1.86. The Hall–Kier alpha value is -2.29. The van der Waals surface area contributed by atoms with Crippen LogP contribution in [0.1, 0.15) is 29.8 Å². The average Bonchev–Trinajstić information content (AvgIpc) is 2.72. The molecule has 2 aromatic carbocycles. The number of ether oxygens (including phenoxy) is 2. The Morgan fingerprint density at radius 1 is 1.00 bits per heavy atom. The largest absolute Gasteiger partial charge is 0.497 e. The first-order valence-electron chi connectivity index (χ1n) is 6.64. The number of benzene rings is 2. The number of carbonyl (C=O) groups is 1. The van der Waals surface area contributed by atoms with Crippen molar-refractivity contribution in [3.8, 4) is 22.6 Å². The number of methoxy groups -OCH3 is 1. The highest BCUT2D eigenvalue weighted by atomic mass is 16.5. The fourth-order valence-electron chi connectivity index (χ4n) is 2.55. The van der Waals surface area contributed by atoms with Crippen molar-refractivity contribution < 1.29 is 14.3 Å². The molecule has 20 heavy (non-hydrogen) atoms. The van der Waals surface area contributed by atoms with Crippen LogP contribution in [0, 0.1) is 0 Å². The van der Waals surface area contributed by atoms with E-state index in [4.69, 9.17) is 9.47 Å². The van der Waals surface area contributed by atoms with Gasteiger partial charge in [0, 0.05) is 16.7 Å². The lowest BCUT2D eigenvalue weighted by Gasteiger charge is -2.13. The molecular weight excluding hydrogens is 252 g/mol. The van der Waals surface area contributed by atoms with Crippen molar-refractivity contribution in [2.24, 2.45) is 0 Å². The number of carbonyl (C=O) groups excluding carboxylic acids is 1. The number of rotatable bonds is 3. The van der Waals surface area contributed by atoms with E-state index in [2.05, 4.69) is 0 Å². The van der Waals surface area contributed by atoms with Crippen LogP contribution in [0.3, 0.4) is 0 Å². The fraction of sp³-hybridized carbons (Fsp3) is 0.235. The van der Waals surface area contributed by atoms with E-state index in [0.717, 1.165) is 16.9 Å². The van der Waals surface area contributed by atoms with Crippen molar-refractivity contribution in [1.29, 1.82) is 0 Å². The predicted octanol–water partition coefficient (Wildman–Crippen LogP) is 3.69. The van der Waals surface area contributed by atoms with E-state index < -0.39 is 0 Å². The number of hydrogen-bond donors (Lipinski definition) is 0. The third-order valence-electron chi connectivity index (χ3n) is 3.37. The molecule has 0 radical (unpaired) electrons. The molecule has 0 heterocycles. The summed E-state index contributed by atoms with van der Waals surface area (Å²) < 4.78 is 11.0. The molecule has 1 aliphatic carbocycles. The second kappa shape index (κ2) is 4.67. The van der Waals surface area contributed by atoms with Gasteiger partial charge in [0.2, 0.25) is 0 Å². The molecule has 3 heteroatoms. The Balaban J connectivity index is 2.20. The first-order valence-corrected chi connectivity index (χ1v) is 6.64. The predicted molar refractivity (Wildman–Crippen MR) is 77.6 cm³/mol. The van der Waals surface area contributed by atoms with E-state index in [1.807, 2.05) is 44.2 Å². The topological polar surface area (TPSA) is 35.5 Å². The molecule has 102 valence electrons. The minimum atomic E-state index is 0.0307. The summed E-state index contributed by atoms with van der Waals surface area (Å²) in [7, 11) is 1.60. The van der Waals surface area contributed by atoms with Gasteiger partial charge in [0.1, 0.15) is 11.5 Å². The van der Waals surface area contributed by atoms with Gasteiger partial charge in [0.25, 0.3) is 0 Å². The lowest BCUT2D eigenvalue weighted by molar-refractivity contribution is 0.104. The van der Waals surface area contributed by atoms with Crippen molar-refractivity contribution in [3.63, 3.8) is 0 Å². The zero-order chi connectivity index (χ0) is 14.3. The van der Waals surface area contributed by atoms with Gasteiger partial charge in [-0.2, -0.15) is 0 Å². The molecule has 0 saturated carbocycles. The summed E-state index contributed by atoms with van der Waals surface area (Å²) in [6, 6.07) is 11.2. The molecule has 2 aromatic rings. The van der Waals surface area contributed by atoms with E-state index in [0.29, 0.717) is 16.9 Å². The summed E-state index contributed by atoms with van der Waals surface area (Å²) in [6.07, 6.45) is 0.0684. The number of hydrogen-bond acceptors (Lipinski definition) is 3. The standard InChI is InChI=1S/C17H16O3/c1-10(2)20-15-6-4-5-13-16(15)12-8-7-11(19-3)9-14(12)17(13)18/h4-10H,1-3H3. The van der Waals surface area contributed by atoms with E-state index in [1.54, 1.807) is 13.2 Å². The first-order chi connectivity index (χ1) is 9.61. The molecule has 1 aliphatic rings. The summed E-state index contributed by atoms with van der Waals surface area (Å²) in [4.78, 5) is 12.5. The van der Waals surface area contributed by atoms with E-state index in [9.17, 15) is 4.79 Å². The van der Waals surface area contributed by atoms with Crippen molar-refractivity contribution >= 4 is 5.78 Å². The van der Waals surface area contributed by atoms with Crippen LogP contribution in [0.5, 0.6) is 11.5 Å². The Labute approximate surface area is 118 Å². The van der Waals surface area contributed by atoms with Crippen molar-refractivity contribution in [2.75, 3.05) is 7.11 Å². The molecule has 0 atom stereocenters. The van der Waals surface area contributed by atoms with Crippen LogP contribution >= 0.6 is 0 Å². The molecule has 0 fully saturated rings. The average molecular weight is 268 g/mol. The van der Waals surface area contributed by atoms with Gasteiger partial charge in [0.05, 0.1) is 13.2 Å². The summed E-state index contributed by atoms with van der Waals surface area (Å²) >= 11 is 0. The van der Waals surface area contributed by atoms with Crippen LogP contribution in [-0.4, -0.2) is 19.0 Å². The van der Waals surface area contributed by atoms with E-state index in [1.165, 1.54) is 0 Å². The summed E-state index contributed by atoms with van der Waals surface area (Å²) in [6.45, 7) is 3.95. The van der Waals surface area contributed by atoms with Crippen molar-refractivity contribution in [3.05, 3.63) is 47.5 Å². The smallest absolute Gasteiger partial charge is 0.194 e. The van der Waals surface area contributed by atoms with Crippen molar-refractivity contribution in [1.82, 2.24) is 0 Å². The second-order valence-electron chi connectivity index (χ2n) is 5.09. The maximum Gasteiger partial charge on any atom is 0.194 e.